The number of rotatable bonds is 9. The number of nitrogens with zero attached hydrogens (tertiary/aromatic N) is 2. The molecule has 1 amide bonds. The minimum absolute atomic E-state index is 0.0331. The van der Waals surface area contributed by atoms with Gasteiger partial charge in [0.2, 0.25) is 5.91 Å². The van der Waals surface area contributed by atoms with E-state index in [9.17, 15) is 9.59 Å². The molecule has 42 heavy (non-hydrogen) atoms. The number of ether oxygens (including phenoxy) is 2. The van der Waals surface area contributed by atoms with Crippen LogP contribution in [0.2, 0.25) is 0 Å². The number of aromatic amines is 1. The summed E-state index contributed by atoms with van der Waals surface area (Å²) in [6, 6.07) is 14.2. The second kappa shape index (κ2) is 13.2. The van der Waals surface area contributed by atoms with Crippen molar-refractivity contribution in [3.8, 4) is 11.1 Å². The van der Waals surface area contributed by atoms with Crippen molar-refractivity contribution in [1.29, 1.82) is 0 Å². The molecule has 2 aliphatic rings. The van der Waals surface area contributed by atoms with Gasteiger partial charge >= 0.3 is 0 Å². The summed E-state index contributed by atoms with van der Waals surface area (Å²) in [5, 5.41) is 0. The van der Waals surface area contributed by atoms with Gasteiger partial charge in [-0.1, -0.05) is 31.2 Å². The molecule has 0 saturated carbocycles. The largest absolute Gasteiger partial charge is 0.379 e. The molecule has 0 aliphatic carbocycles. The van der Waals surface area contributed by atoms with Crippen molar-refractivity contribution in [1.82, 2.24) is 9.88 Å². The Morgan fingerprint density at radius 2 is 1.88 bits per heavy atom. The highest BCUT2D eigenvalue weighted by atomic mass is 16.5. The number of carbonyl (C=O) groups excluding carboxylic acids is 1. The van der Waals surface area contributed by atoms with Gasteiger partial charge in [-0.15, -0.1) is 0 Å². The molecule has 2 aliphatic heterocycles. The third kappa shape index (κ3) is 6.61. The van der Waals surface area contributed by atoms with E-state index >= 15 is 0 Å². The fourth-order valence-corrected chi connectivity index (χ4v) is 6.50. The van der Waals surface area contributed by atoms with E-state index < -0.39 is 5.91 Å². The number of aromatic nitrogens is 1. The molecule has 8 heteroatoms. The molecule has 1 aromatic heterocycles. The van der Waals surface area contributed by atoms with Crippen LogP contribution in [0.25, 0.3) is 11.1 Å². The van der Waals surface area contributed by atoms with Gasteiger partial charge in [-0.25, -0.2) is 0 Å². The Bertz CT molecular complexity index is 1480. The quantitative estimate of drug-likeness (QED) is 0.380. The highest BCUT2D eigenvalue weighted by molar-refractivity contribution is 5.94. The highest BCUT2D eigenvalue weighted by Crippen LogP contribution is 2.39. The number of H-pyrrole nitrogens is 1. The molecule has 8 nitrogen and oxygen atoms in total. The zero-order valence-corrected chi connectivity index (χ0v) is 25.4. The van der Waals surface area contributed by atoms with Crippen LogP contribution in [0, 0.1) is 20.8 Å². The van der Waals surface area contributed by atoms with Crippen LogP contribution in [-0.2, 0) is 22.6 Å². The molecular weight excluding hydrogens is 528 g/mol. The summed E-state index contributed by atoms with van der Waals surface area (Å²) in [7, 11) is 0. The summed E-state index contributed by atoms with van der Waals surface area (Å²) in [6.45, 7) is 13.5. The number of benzene rings is 2. The van der Waals surface area contributed by atoms with Crippen LogP contribution in [0.3, 0.4) is 0 Å². The van der Waals surface area contributed by atoms with Crippen LogP contribution < -0.4 is 16.2 Å². The first-order valence-electron chi connectivity index (χ1n) is 15.2. The van der Waals surface area contributed by atoms with E-state index in [4.69, 9.17) is 15.2 Å². The van der Waals surface area contributed by atoms with Gasteiger partial charge in [0.15, 0.2) is 0 Å². The molecular formula is C34H44N4O4. The Morgan fingerprint density at radius 3 is 2.60 bits per heavy atom. The predicted molar refractivity (Wildman–Crippen MR) is 167 cm³/mol. The fraction of sp³-hybridized carbons (Fsp3) is 0.471. The Hall–Kier alpha value is -3.46. The number of carbonyl (C=O) groups is 1. The van der Waals surface area contributed by atoms with Crippen LogP contribution in [-0.4, -0.2) is 60.8 Å². The van der Waals surface area contributed by atoms with Gasteiger partial charge in [-0.2, -0.15) is 0 Å². The standard InChI is InChI=1S/C34H44N4O4/c1-5-29-19-28(11-14-42-29)38(21-31-22(2)17-23(3)36-34(31)40)32-24(4)30(25-7-6-8-26(18-25)33(35)39)10-9-27(32)20-37-12-15-41-16-13-37/h6-10,17-18,28-29H,5,11-16,19-21H2,1-4H3,(H2,35,39)(H,36,40). The minimum Gasteiger partial charge on any atom is -0.379 e. The van der Waals surface area contributed by atoms with Crippen molar-refractivity contribution in [2.45, 2.75) is 72.2 Å². The van der Waals surface area contributed by atoms with Crippen LogP contribution in [0.1, 0.15) is 64.5 Å². The minimum atomic E-state index is -0.442. The number of nitrogens with two attached hydrogens (primary N) is 1. The molecule has 2 fully saturated rings. The van der Waals surface area contributed by atoms with Crippen LogP contribution in [0.15, 0.2) is 47.3 Å². The van der Waals surface area contributed by atoms with Gasteiger partial charge in [-0.3, -0.25) is 14.5 Å². The number of pyridine rings is 1. The average Bonchev–Trinajstić information content (AvgIpc) is 2.98. The Balaban J connectivity index is 1.68. The average molecular weight is 573 g/mol. The molecule has 2 atom stereocenters. The smallest absolute Gasteiger partial charge is 0.253 e. The van der Waals surface area contributed by atoms with E-state index in [0.717, 1.165) is 91.3 Å². The van der Waals surface area contributed by atoms with Crippen LogP contribution in [0.5, 0.6) is 0 Å². The number of nitrogens with one attached hydrogen (secondary N) is 1. The molecule has 2 unspecified atom stereocenters. The molecule has 3 aromatic rings. The molecule has 0 bridgehead atoms. The fourth-order valence-electron chi connectivity index (χ4n) is 6.50. The summed E-state index contributed by atoms with van der Waals surface area (Å²) in [4.78, 5) is 33.3. The van der Waals surface area contributed by atoms with Crippen LogP contribution >= 0.6 is 0 Å². The Labute approximate surface area is 248 Å². The maximum atomic E-state index is 13.3. The van der Waals surface area contributed by atoms with E-state index in [-0.39, 0.29) is 17.7 Å². The summed E-state index contributed by atoms with van der Waals surface area (Å²) in [5.74, 6) is -0.442. The predicted octanol–water partition coefficient (Wildman–Crippen LogP) is 4.86. The molecule has 3 N–H and O–H groups in total. The van der Waals surface area contributed by atoms with E-state index in [0.29, 0.717) is 18.7 Å². The van der Waals surface area contributed by atoms with E-state index in [1.165, 1.54) is 5.56 Å². The highest BCUT2D eigenvalue weighted by Gasteiger charge is 2.31. The second-order valence-electron chi connectivity index (χ2n) is 11.7. The van der Waals surface area contributed by atoms with Gasteiger partial charge < -0.3 is 25.1 Å². The van der Waals surface area contributed by atoms with Crippen molar-refractivity contribution in [3.63, 3.8) is 0 Å². The maximum Gasteiger partial charge on any atom is 0.253 e. The first-order valence-corrected chi connectivity index (χ1v) is 15.2. The van der Waals surface area contributed by atoms with E-state index in [1.807, 2.05) is 32.0 Å². The monoisotopic (exact) mass is 572 g/mol. The summed E-state index contributed by atoms with van der Waals surface area (Å²) < 4.78 is 11.7. The lowest BCUT2D eigenvalue weighted by molar-refractivity contribution is 0.00441. The van der Waals surface area contributed by atoms with Crippen molar-refractivity contribution in [2.75, 3.05) is 37.8 Å². The van der Waals surface area contributed by atoms with Crippen LogP contribution in [0.4, 0.5) is 5.69 Å². The first kappa shape index (κ1) is 30.0. The number of morpholine rings is 1. The third-order valence-electron chi connectivity index (χ3n) is 8.82. The summed E-state index contributed by atoms with van der Waals surface area (Å²) in [5.41, 5.74) is 14.3. The van der Waals surface area contributed by atoms with E-state index in [2.05, 4.69) is 46.8 Å². The van der Waals surface area contributed by atoms with Crippen molar-refractivity contribution in [2.24, 2.45) is 5.73 Å². The Morgan fingerprint density at radius 1 is 1.10 bits per heavy atom. The van der Waals surface area contributed by atoms with Gasteiger partial charge in [0, 0.05) is 61.3 Å². The first-order chi connectivity index (χ1) is 20.2. The number of hydrogen-bond donors (Lipinski definition) is 2. The maximum absolute atomic E-state index is 13.3. The van der Waals surface area contributed by atoms with Gasteiger partial charge in [0.05, 0.1) is 19.3 Å². The van der Waals surface area contributed by atoms with Crippen molar-refractivity contribution in [3.05, 3.63) is 86.3 Å². The van der Waals surface area contributed by atoms with Crippen molar-refractivity contribution >= 4 is 11.6 Å². The van der Waals surface area contributed by atoms with Gasteiger partial charge in [-0.05, 0) is 86.1 Å². The number of hydrogen-bond acceptors (Lipinski definition) is 6. The number of primary amides is 1. The molecule has 3 heterocycles. The van der Waals surface area contributed by atoms with E-state index in [1.54, 1.807) is 6.07 Å². The summed E-state index contributed by atoms with van der Waals surface area (Å²) >= 11 is 0. The molecule has 0 radical (unpaired) electrons. The molecule has 2 saturated heterocycles. The normalized spacial score (nSPS) is 19.5. The SMILES string of the molecule is CCC1CC(N(Cc2c(C)cc(C)[nH]c2=O)c2c(CN3CCOCC3)ccc(-c3cccc(C(N)=O)c3)c2C)CCO1. The zero-order chi connectivity index (χ0) is 29.8. The number of anilines is 1. The van der Waals surface area contributed by atoms with Crippen molar-refractivity contribution < 1.29 is 14.3 Å². The third-order valence-corrected chi connectivity index (χ3v) is 8.82. The molecule has 224 valence electrons. The lowest BCUT2D eigenvalue weighted by Gasteiger charge is -2.41. The van der Waals surface area contributed by atoms with Gasteiger partial charge in [0.1, 0.15) is 0 Å². The molecule has 0 spiro atoms. The number of amides is 1. The lowest BCUT2D eigenvalue weighted by Crippen LogP contribution is -2.44. The number of aryl methyl sites for hydroxylation is 2. The molecule has 2 aromatic carbocycles. The molecule has 5 rings (SSSR count). The topological polar surface area (TPSA) is 101 Å². The van der Waals surface area contributed by atoms with Gasteiger partial charge in [0.25, 0.3) is 5.56 Å². The lowest BCUT2D eigenvalue weighted by atomic mass is 9.91. The zero-order valence-electron chi connectivity index (χ0n) is 25.4. The summed E-state index contributed by atoms with van der Waals surface area (Å²) in [6.07, 6.45) is 2.92. The second-order valence-corrected chi connectivity index (χ2v) is 11.7. The Kier molecular flexibility index (Phi) is 9.46.